The van der Waals surface area contributed by atoms with Crippen LogP contribution in [0.2, 0.25) is 10.0 Å². The highest BCUT2D eigenvalue weighted by Crippen LogP contribution is 2.34. The third-order valence-electron chi connectivity index (χ3n) is 8.40. The van der Waals surface area contributed by atoms with E-state index in [9.17, 15) is 13.5 Å². The average Bonchev–Trinajstić information content (AvgIpc) is 3.60. The summed E-state index contributed by atoms with van der Waals surface area (Å²) in [7, 11) is -3.95. The Kier molecular flexibility index (Phi) is 8.18. The fourth-order valence-electron chi connectivity index (χ4n) is 6.06. The zero-order valence-corrected chi connectivity index (χ0v) is 27.0. The van der Waals surface area contributed by atoms with Gasteiger partial charge in [0, 0.05) is 40.4 Å². The van der Waals surface area contributed by atoms with E-state index in [1.54, 1.807) is 30.3 Å². The Bertz CT molecular complexity index is 2040. The second-order valence-electron chi connectivity index (χ2n) is 11.5. The van der Waals surface area contributed by atoms with Crippen LogP contribution in [0.3, 0.4) is 0 Å². The van der Waals surface area contributed by atoms with Gasteiger partial charge in [-0.15, -0.1) is 0 Å². The first-order valence-corrected chi connectivity index (χ1v) is 17.2. The number of anilines is 1. The van der Waals surface area contributed by atoms with E-state index in [-0.39, 0.29) is 0 Å². The Morgan fingerprint density at radius 3 is 2.35 bits per heavy atom. The van der Waals surface area contributed by atoms with Gasteiger partial charge in [-0.25, -0.2) is 14.0 Å². The molecule has 12 heteroatoms. The number of imidazole rings is 1. The molecule has 2 aliphatic rings. The molecular weight excluding hydrogens is 643 g/mol. The summed E-state index contributed by atoms with van der Waals surface area (Å²) in [6.07, 6.45) is 9.66. The van der Waals surface area contributed by atoms with Crippen LogP contribution in [-0.2, 0) is 16.6 Å². The van der Waals surface area contributed by atoms with Crippen LogP contribution < -0.4 is 9.03 Å². The summed E-state index contributed by atoms with van der Waals surface area (Å²) >= 11 is 12.7. The van der Waals surface area contributed by atoms with Crippen molar-refractivity contribution in [3.8, 4) is 28.2 Å². The van der Waals surface area contributed by atoms with Crippen LogP contribution in [0.25, 0.3) is 28.2 Å². The molecule has 2 aromatic heterocycles. The highest BCUT2D eigenvalue weighted by Gasteiger charge is 2.29. The maximum Gasteiger partial charge on any atom is 0.330 e. The van der Waals surface area contributed by atoms with Crippen LogP contribution in [0.1, 0.15) is 55.1 Å². The van der Waals surface area contributed by atoms with E-state index in [2.05, 4.69) is 27.1 Å². The third-order valence-corrected chi connectivity index (χ3v) is 10.3. The van der Waals surface area contributed by atoms with Crippen molar-refractivity contribution >= 4 is 39.1 Å². The van der Waals surface area contributed by atoms with Crippen molar-refractivity contribution in [2.75, 3.05) is 4.31 Å². The van der Waals surface area contributed by atoms with Crippen molar-refractivity contribution in [2.45, 2.75) is 44.4 Å². The number of nitrogens with zero attached hydrogens (tertiary/aromatic N) is 5. The van der Waals surface area contributed by atoms with Crippen molar-refractivity contribution in [3.05, 3.63) is 124 Å². The number of aliphatic hydroxyl groups excluding tert-OH is 1. The predicted molar refractivity (Wildman–Crippen MR) is 180 cm³/mol. The molecule has 9 nitrogen and oxygen atoms in total. The van der Waals surface area contributed by atoms with Crippen LogP contribution >= 0.6 is 23.2 Å². The molecule has 7 rings (SSSR count). The highest BCUT2D eigenvalue weighted by atomic mass is 35.5. The number of nitrogens with one attached hydrogen (secondary N) is 1. The third kappa shape index (κ3) is 6.20. The SMILES string of the molecule is O=S1(=O)NC(O)=CN1c1cccc(-n2cc(-c3ccc(Cl)cc3Cl)nc2Cc2ccc(-c3ccc(C4CCCCC4)nn3)cc2)c1. The van der Waals surface area contributed by atoms with Gasteiger partial charge in [-0.2, -0.15) is 18.6 Å². The average molecular weight is 674 g/mol. The molecule has 1 aliphatic heterocycles. The van der Waals surface area contributed by atoms with E-state index in [1.807, 2.05) is 47.2 Å². The monoisotopic (exact) mass is 672 g/mol. The molecule has 0 amide bonds. The summed E-state index contributed by atoms with van der Waals surface area (Å²) in [6, 6.07) is 24.6. The van der Waals surface area contributed by atoms with Crippen LogP contribution in [0.5, 0.6) is 0 Å². The normalized spacial score (nSPS) is 16.3. The number of hydrogen-bond acceptors (Lipinski definition) is 6. The number of hydrogen-bond donors (Lipinski definition) is 2. The van der Waals surface area contributed by atoms with Gasteiger partial charge in [0.1, 0.15) is 5.82 Å². The Morgan fingerprint density at radius 2 is 1.65 bits per heavy atom. The Labute approximate surface area is 277 Å². The maximum atomic E-state index is 12.6. The second kappa shape index (κ2) is 12.4. The quantitative estimate of drug-likeness (QED) is 0.181. The largest absolute Gasteiger partial charge is 0.493 e. The van der Waals surface area contributed by atoms with Gasteiger partial charge in [0.05, 0.1) is 34.0 Å². The van der Waals surface area contributed by atoms with E-state index in [0.29, 0.717) is 50.8 Å². The molecule has 1 aliphatic carbocycles. The number of aromatic nitrogens is 4. The molecular formula is C34H30Cl2N6O3S. The molecule has 1 saturated carbocycles. The van der Waals surface area contributed by atoms with Crippen molar-refractivity contribution in [1.82, 2.24) is 24.5 Å². The van der Waals surface area contributed by atoms with Crippen molar-refractivity contribution in [2.24, 2.45) is 0 Å². The van der Waals surface area contributed by atoms with Gasteiger partial charge in [0.25, 0.3) is 0 Å². The van der Waals surface area contributed by atoms with E-state index < -0.39 is 16.1 Å². The predicted octanol–water partition coefficient (Wildman–Crippen LogP) is 7.95. The molecule has 46 heavy (non-hydrogen) atoms. The Morgan fingerprint density at radius 1 is 0.870 bits per heavy atom. The molecule has 0 saturated heterocycles. The minimum atomic E-state index is -3.95. The molecule has 0 bridgehead atoms. The smallest absolute Gasteiger partial charge is 0.330 e. The first-order valence-electron chi connectivity index (χ1n) is 15.0. The molecule has 3 aromatic carbocycles. The lowest BCUT2D eigenvalue weighted by molar-refractivity contribution is 0.392. The molecule has 0 unspecified atom stereocenters. The molecule has 0 radical (unpaired) electrons. The van der Waals surface area contributed by atoms with Gasteiger partial charge in [-0.3, -0.25) is 0 Å². The molecule has 0 atom stereocenters. The van der Waals surface area contributed by atoms with Crippen LogP contribution in [0.4, 0.5) is 5.69 Å². The van der Waals surface area contributed by atoms with Crippen molar-refractivity contribution in [1.29, 1.82) is 0 Å². The van der Waals surface area contributed by atoms with Crippen molar-refractivity contribution in [3.63, 3.8) is 0 Å². The maximum absolute atomic E-state index is 12.6. The van der Waals surface area contributed by atoms with Crippen LogP contribution in [-0.4, -0.2) is 33.3 Å². The molecule has 0 spiro atoms. The Balaban J connectivity index is 1.20. The zero-order valence-electron chi connectivity index (χ0n) is 24.6. The van der Waals surface area contributed by atoms with Gasteiger partial charge >= 0.3 is 10.2 Å². The number of rotatable bonds is 7. The van der Waals surface area contributed by atoms with Gasteiger partial charge < -0.3 is 9.67 Å². The van der Waals surface area contributed by atoms with E-state index in [4.69, 9.17) is 28.2 Å². The van der Waals surface area contributed by atoms with E-state index in [1.165, 1.54) is 32.1 Å². The lowest BCUT2D eigenvalue weighted by atomic mass is 9.87. The minimum Gasteiger partial charge on any atom is -0.493 e. The molecule has 5 aromatic rings. The molecule has 3 heterocycles. The van der Waals surface area contributed by atoms with Gasteiger partial charge in [0.2, 0.25) is 5.88 Å². The second-order valence-corrected chi connectivity index (χ2v) is 13.9. The molecule has 234 valence electrons. The van der Waals surface area contributed by atoms with E-state index >= 15 is 0 Å². The highest BCUT2D eigenvalue weighted by molar-refractivity contribution is 7.91. The topological polar surface area (TPSA) is 113 Å². The Hall–Kier alpha value is -4.38. The lowest BCUT2D eigenvalue weighted by Gasteiger charge is -2.20. The first kappa shape index (κ1) is 30.3. The summed E-state index contributed by atoms with van der Waals surface area (Å²) in [4.78, 5) is 4.96. The molecule has 2 N–H and O–H groups in total. The summed E-state index contributed by atoms with van der Waals surface area (Å²) in [6.45, 7) is 0. The van der Waals surface area contributed by atoms with Crippen molar-refractivity contribution < 1.29 is 13.5 Å². The van der Waals surface area contributed by atoms with Crippen LogP contribution in [0.15, 0.2) is 97.1 Å². The minimum absolute atomic E-state index is 0.347. The lowest BCUT2D eigenvalue weighted by Crippen LogP contribution is -2.29. The summed E-state index contributed by atoms with van der Waals surface area (Å²) in [5.41, 5.74) is 6.29. The van der Waals surface area contributed by atoms with Gasteiger partial charge in [0.15, 0.2) is 0 Å². The number of halogens is 2. The van der Waals surface area contributed by atoms with Gasteiger partial charge in [-0.1, -0.05) is 72.8 Å². The van der Waals surface area contributed by atoms with Crippen LogP contribution in [0, 0.1) is 0 Å². The fourth-order valence-corrected chi connectivity index (χ4v) is 7.61. The standard InChI is InChI=1S/C34H30Cl2N6O3S/c35-25-13-14-28(29(36)18-25)32-20-41(26-7-4-8-27(19-26)42-21-34(43)40-46(42,44)45)33(37-32)17-22-9-11-24(12-10-22)31-16-15-30(38-39-31)23-5-2-1-3-6-23/h4,7-16,18-21,23,40,43H,1-3,5-6,17H2. The number of aliphatic hydroxyl groups is 1. The summed E-state index contributed by atoms with van der Waals surface area (Å²) < 4.78 is 30.1. The fraction of sp³-hybridized carbons (Fsp3) is 0.206. The number of benzene rings is 3. The van der Waals surface area contributed by atoms with Gasteiger partial charge in [-0.05, 0) is 66.9 Å². The summed E-state index contributed by atoms with van der Waals surface area (Å²) in [5.74, 6) is 0.765. The summed E-state index contributed by atoms with van der Waals surface area (Å²) in [5, 5.41) is 19.9. The zero-order chi connectivity index (χ0) is 31.8. The van der Waals surface area contributed by atoms with E-state index in [0.717, 1.165) is 33.0 Å². The molecule has 1 fully saturated rings. The first-order chi connectivity index (χ1) is 22.2.